The molecule has 2 unspecified atom stereocenters. The summed E-state index contributed by atoms with van der Waals surface area (Å²) >= 11 is 0. The number of amides is 2. The van der Waals surface area contributed by atoms with E-state index in [-0.39, 0.29) is 11.3 Å². The van der Waals surface area contributed by atoms with Gasteiger partial charge in [0.25, 0.3) is 0 Å². The number of benzene rings is 1. The lowest BCUT2D eigenvalue weighted by atomic mass is 9.94. The first-order valence-electron chi connectivity index (χ1n) is 10.3. The second-order valence-corrected chi connectivity index (χ2v) is 8.42. The molecule has 0 saturated heterocycles. The Bertz CT molecular complexity index is 789. The number of rotatable bonds is 10. The summed E-state index contributed by atoms with van der Waals surface area (Å²) in [5.41, 5.74) is 12.2. The molecule has 10 heteroatoms. The zero-order chi connectivity index (χ0) is 24.8. The quantitative estimate of drug-likeness (QED) is 0.448. The van der Waals surface area contributed by atoms with Crippen LogP contribution in [0, 0.1) is 11.8 Å². The lowest BCUT2D eigenvalue weighted by Crippen LogP contribution is -2.64. The first-order chi connectivity index (χ1) is 14.8. The van der Waals surface area contributed by atoms with Gasteiger partial charge in [0.2, 0.25) is 5.91 Å². The summed E-state index contributed by atoms with van der Waals surface area (Å²) in [5.74, 6) is -10.0. The predicted molar refractivity (Wildman–Crippen MR) is 114 cm³/mol. The molecule has 180 valence electrons. The molecule has 0 heterocycles. The average Bonchev–Trinajstić information content (AvgIpc) is 2.74. The van der Waals surface area contributed by atoms with Gasteiger partial charge < -0.3 is 21.3 Å². The minimum atomic E-state index is -4.47. The third-order valence-corrected chi connectivity index (χ3v) is 5.19. The number of halogens is 2. The molecule has 8 nitrogen and oxygen atoms in total. The van der Waals surface area contributed by atoms with E-state index in [0.717, 1.165) is 7.11 Å². The molecule has 2 amide bonds. The van der Waals surface area contributed by atoms with Crippen LogP contribution in [-0.4, -0.2) is 65.1 Å². The fraction of sp³-hybridized carbons (Fsp3) is 0.591. The number of aliphatic hydroxyl groups is 1. The molecule has 0 aromatic heterocycles. The molecular formula is C22H33F2N3O5. The Morgan fingerprint density at radius 1 is 1.06 bits per heavy atom. The second-order valence-electron chi connectivity index (χ2n) is 8.42. The van der Waals surface area contributed by atoms with Crippen LogP contribution in [0.5, 0.6) is 0 Å². The molecule has 0 saturated carbocycles. The number of carbonyl (C=O) groups is 3. The van der Waals surface area contributed by atoms with Crippen molar-refractivity contribution in [2.45, 2.75) is 64.3 Å². The van der Waals surface area contributed by atoms with Gasteiger partial charge in [-0.3, -0.25) is 14.5 Å². The summed E-state index contributed by atoms with van der Waals surface area (Å²) in [5, 5.41) is 10.3. The highest BCUT2D eigenvalue weighted by Gasteiger charge is 2.55. The van der Waals surface area contributed by atoms with Crippen molar-refractivity contribution in [3.05, 3.63) is 35.9 Å². The summed E-state index contributed by atoms with van der Waals surface area (Å²) in [6.45, 7) is 6.06. The summed E-state index contributed by atoms with van der Waals surface area (Å²) in [7, 11) is 1.01. The number of hydrogen-bond acceptors (Lipinski definition) is 7. The number of imide groups is 1. The first-order valence-corrected chi connectivity index (χ1v) is 10.3. The molecule has 1 rings (SSSR count). The Morgan fingerprint density at radius 2 is 1.59 bits per heavy atom. The number of alkyl halides is 2. The summed E-state index contributed by atoms with van der Waals surface area (Å²) < 4.78 is 35.0. The minimum Gasteiger partial charge on any atom is -0.467 e. The summed E-state index contributed by atoms with van der Waals surface area (Å²) in [6, 6.07) is 3.83. The van der Waals surface area contributed by atoms with Crippen molar-refractivity contribution in [1.29, 1.82) is 0 Å². The lowest BCUT2D eigenvalue weighted by Gasteiger charge is -2.37. The van der Waals surface area contributed by atoms with Gasteiger partial charge in [-0.05, 0) is 23.8 Å². The average molecular weight is 458 g/mol. The molecule has 1 aromatic rings. The third kappa shape index (κ3) is 6.30. The Balaban J connectivity index is 3.35. The predicted octanol–water partition coefficient (Wildman–Crippen LogP) is 1.09. The SMILES string of the molecule is COC(=O)C(C(C)C)N(C(=O)C(N)C(C)C)C(=O)C(F)(F)[C@H](O)[C@@H](N)Cc1ccccc1. The molecule has 0 aliphatic carbocycles. The Morgan fingerprint density at radius 3 is 2.03 bits per heavy atom. The number of esters is 1. The van der Waals surface area contributed by atoms with Gasteiger partial charge in [-0.1, -0.05) is 58.0 Å². The van der Waals surface area contributed by atoms with E-state index >= 15 is 8.78 Å². The fourth-order valence-electron chi connectivity index (χ4n) is 3.16. The maximum absolute atomic E-state index is 15.2. The highest BCUT2D eigenvalue weighted by Crippen LogP contribution is 2.28. The topological polar surface area (TPSA) is 136 Å². The Hall–Kier alpha value is -2.43. The summed E-state index contributed by atoms with van der Waals surface area (Å²) in [4.78, 5) is 38.4. The number of ether oxygens (including phenoxy) is 1. The van der Waals surface area contributed by atoms with Crippen LogP contribution >= 0.6 is 0 Å². The zero-order valence-corrected chi connectivity index (χ0v) is 19.0. The van der Waals surface area contributed by atoms with Crippen molar-refractivity contribution < 1.29 is 33.0 Å². The molecule has 0 aliphatic heterocycles. The lowest BCUT2D eigenvalue weighted by molar-refractivity contribution is -0.187. The van der Waals surface area contributed by atoms with Crippen LogP contribution in [0.4, 0.5) is 8.78 Å². The van der Waals surface area contributed by atoms with Gasteiger partial charge >= 0.3 is 17.8 Å². The van der Waals surface area contributed by atoms with E-state index in [1.807, 2.05) is 0 Å². The summed E-state index contributed by atoms with van der Waals surface area (Å²) in [6.07, 6.45) is -2.76. The molecule has 5 N–H and O–H groups in total. The van der Waals surface area contributed by atoms with Crippen molar-refractivity contribution >= 4 is 17.8 Å². The van der Waals surface area contributed by atoms with E-state index < -0.39 is 59.8 Å². The number of nitrogens with two attached hydrogens (primary N) is 2. The number of hydrogen-bond donors (Lipinski definition) is 3. The maximum atomic E-state index is 15.2. The standard InChI is InChI=1S/C22H33F2N3O5/c1-12(2)16(26)19(29)27(17(13(3)4)20(30)32-5)21(31)22(23,24)18(28)15(25)11-14-9-7-6-8-10-14/h6-10,12-13,15-18,28H,11,25-26H2,1-5H3/t15-,16?,17?,18+/m0/s1. The van der Waals surface area contributed by atoms with Crippen LogP contribution in [0.25, 0.3) is 0 Å². The van der Waals surface area contributed by atoms with Crippen molar-refractivity contribution in [2.24, 2.45) is 23.3 Å². The number of methoxy groups -OCH3 is 1. The number of aliphatic hydroxyl groups excluding tert-OH is 1. The minimum absolute atomic E-state index is 0.125. The van der Waals surface area contributed by atoms with E-state index in [0.29, 0.717) is 5.56 Å². The van der Waals surface area contributed by atoms with E-state index in [2.05, 4.69) is 4.74 Å². The number of nitrogens with zero attached hydrogens (tertiary/aromatic N) is 1. The molecule has 4 atom stereocenters. The second kappa shape index (κ2) is 11.4. The molecule has 0 aliphatic rings. The van der Waals surface area contributed by atoms with Crippen LogP contribution in [0.2, 0.25) is 0 Å². The molecular weight excluding hydrogens is 424 g/mol. The van der Waals surface area contributed by atoms with Crippen molar-refractivity contribution in [3.63, 3.8) is 0 Å². The van der Waals surface area contributed by atoms with Crippen LogP contribution < -0.4 is 11.5 Å². The first kappa shape index (κ1) is 27.6. The van der Waals surface area contributed by atoms with Gasteiger partial charge in [0.1, 0.15) is 12.1 Å². The molecule has 0 radical (unpaired) electrons. The zero-order valence-electron chi connectivity index (χ0n) is 19.0. The van der Waals surface area contributed by atoms with Crippen LogP contribution in [0.3, 0.4) is 0 Å². The van der Waals surface area contributed by atoms with E-state index in [1.54, 1.807) is 44.2 Å². The van der Waals surface area contributed by atoms with Crippen LogP contribution in [0.15, 0.2) is 30.3 Å². The van der Waals surface area contributed by atoms with Gasteiger partial charge in [0, 0.05) is 6.04 Å². The van der Waals surface area contributed by atoms with E-state index in [4.69, 9.17) is 11.5 Å². The fourth-order valence-corrected chi connectivity index (χ4v) is 3.16. The van der Waals surface area contributed by atoms with Crippen molar-refractivity contribution in [1.82, 2.24) is 4.90 Å². The van der Waals surface area contributed by atoms with Crippen LogP contribution in [0.1, 0.15) is 33.3 Å². The Labute approximate surface area is 186 Å². The monoisotopic (exact) mass is 457 g/mol. The molecule has 0 spiro atoms. The largest absolute Gasteiger partial charge is 0.467 e. The van der Waals surface area contributed by atoms with Crippen LogP contribution in [-0.2, 0) is 25.5 Å². The molecule has 1 aromatic carbocycles. The highest BCUT2D eigenvalue weighted by molar-refractivity contribution is 6.04. The molecule has 32 heavy (non-hydrogen) atoms. The van der Waals surface area contributed by atoms with Gasteiger partial charge in [-0.15, -0.1) is 0 Å². The van der Waals surface area contributed by atoms with Crippen molar-refractivity contribution in [3.8, 4) is 0 Å². The third-order valence-electron chi connectivity index (χ3n) is 5.19. The maximum Gasteiger partial charge on any atom is 0.351 e. The van der Waals surface area contributed by atoms with E-state index in [1.165, 1.54) is 13.8 Å². The van der Waals surface area contributed by atoms with Gasteiger partial charge in [-0.25, -0.2) is 4.79 Å². The smallest absolute Gasteiger partial charge is 0.351 e. The van der Waals surface area contributed by atoms with E-state index in [9.17, 15) is 19.5 Å². The van der Waals surface area contributed by atoms with Gasteiger partial charge in [-0.2, -0.15) is 8.78 Å². The van der Waals surface area contributed by atoms with Gasteiger partial charge in [0.05, 0.1) is 13.2 Å². The molecule has 0 bridgehead atoms. The normalized spacial score (nSPS) is 15.8. The van der Waals surface area contributed by atoms with Crippen molar-refractivity contribution in [2.75, 3.05) is 7.11 Å². The molecule has 0 fully saturated rings. The highest BCUT2D eigenvalue weighted by atomic mass is 19.3. The van der Waals surface area contributed by atoms with Gasteiger partial charge in [0.15, 0.2) is 0 Å². The Kier molecular flexibility index (Phi) is 9.87. The number of carbonyl (C=O) groups excluding carboxylic acids is 3.